The fourth-order valence-electron chi connectivity index (χ4n) is 2.06. The minimum absolute atomic E-state index is 0.180. The number of pyridine rings is 1. The molecule has 98 valence electrons. The predicted molar refractivity (Wildman–Crippen MR) is 71.9 cm³/mol. The first kappa shape index (κ1) is 12.1. The average Bonchev–Trinajstić information content (AvgIpc) is 2.95. The number of alkyl halides is 1. The van der Waals surface area contributed by atoms with Crippen molar-refractivity contribution in [2.24, 2.45) is 7.05 Å². The van der Waals surface area contributed by atoms with E-state index in [1.54, 1.807) is 18.7 Å². The van der Waals surface area contributed by atoms with E-state index in [4.69, 9.17) is 11.6 Å². The predicted octanol–water partition coefficient (Wildman–Crippen LogP) is 1.91. The summed E-state index contributed by atoms with van der Waals surface area (Å²) in [7, 11) is 1.92. The Morgan fingerprint density at radius 1 is 1.42 bits per heavy atom. The molecule has 0 aromatic carbocycles. The Morgan fingerprint density at radius 2 is 2.26 bits per heavy atom. The van der Waals surface area contributed by atoms with Crippen LogP contribution in [-0.2, 0) is 13.6 Å². The van der Waals surface area contributed by atoms with Gasteiger partial charge in [-0.1, -0.05) is 0 Å². The van der Waals surface area contributed by atoms with E-state index < -0.39 is 0 Å². The van der Waals surface area contributed by atoms with Crippen molar-refractivity contribution in [2.75, 3.05) is 0 Å². The third-order valence-corrected chi connectivity index (χ3v) is 3.24. The molecular weight excluding hydrogens is 264 g/mol. The molecule has 0 aliphatic rings. The zero-order valence-corrected chi connectivity index (χ0v) is 11.4. The van der Waals surface area contributed by atoms with E-state index in [2.05, 4.69) is 24.7 Å². The fourth-order valence-corrected chi connectivity index (χ4v) is 2.23. The summed E-state index contributed by atoms with van der Waals surface area (Å²) >= 11 is 6.21. The van der Waals surface area contributed by atoms with Crippen LogP contribution in [0.25, 0.3) is 11.0 Å². The Morgan fingerprint density at radius 3 is 2.95 bits per heavy atom. The lowest BCUT2D eigenvalue weighted by atomic mass is 10.4. The van der Waals surface area contributed by atoms with Gasteiger partial charge < -0.3 is 9.13 Å². The van der Waals surface area contributed by atoms with Crippen LogP contribution >= 0.6 is 11.6 Å². The molecule has 0 aliphatic heterocycles. The molecule has 0 spiro atoms. The van der Waals surface area contributed by atoms with Gasteiger partial charge in [0, 0.05) is 13.2 Å². The summed E-state index contributed by atoms with van der Waals surface area (Å²) in [4.78, 5) is 8.62. The Labute approximate surface area is 115 Å². The molecule has 3 aromatic heterocycles. The third kappa shape index (κ3) is 2.08. The lowest BCUT2D eigenvalue weighted by Gasteiger charge is -2.09. The van der Waals surface area contributed by atoms with E-state index >= 15 is 0 Å². The molecule has 0 saturated carbocycles. The van der Waals surface area contributed by atoms with Crippen molar-refractivity contribution in [3.63, 3.8) is 0 Å². The lowest BCUT2D eigenvalue weighted by molar-refractivity contribution is 0.675. The topological polar surface area (TPSA) is 61.4 Å². The molecule has 1 unspecified atom stereocenters. The van der Waals surface area contributed by atoms with Gasteiger partial charge in [-0.25, -0.2) is 4.98 Å². The van der Waals surface area contributed by atoms with E-state index in [0.29, 0.717) is 6.54 Å². The summed E-state index contributed by atoms with van der Waals surface area (Å²) in [5.74, 6) is 1.67. The molecular formula is C12H13ClN6. The van der Waals surface area contributed by atoms with Gasteiger partial charge in [0.25, 0.3) is 0 Å². The molecule has 3 rings (SSSR count). The largest absolute Gasteiger partial charge is 0.319 e. The van der Waals surface area contributed by atoms with Gasteiger partial charge >= 0.3 is 0 Å². The van der Waals surface area contributed by atoms with Crippen LogP contribution in [0.1, 0.15) is 23.9 Å². The number of fused-ring (bicyclic) bond motifs is 1. The molecule has 1 atom stereocenters. The number of hydrogen-bond acceptors (Lipinski definition) is 4. The van der Waals surface area contributed by atoms with E-state index in [1.165, 1.54) is 0 Å². The van der Waals surface area contributed by atoms with Crippen molar-refractivity contribution in [1.29, 1.82) is 0 Å². The second-order valence-electron chi connectivity index (χ2n) is 4.39. The number of halogens is 1. The number of aromatic nitrogens is 6. The zero-order chi connectivity index (χ0) is 13.4. The van der Waals surface area contributed by atoms with Crippen molar-refractivity contribution < 1.29 is 0 Å². The molecule has 0 saturated heterocycles. The normalized spacial score (nSPS) is 13.0. The Balaban J connectivity index is 2.15. The molecule has 0 radical (unpaired) electrons. The minimum atomic E-state index is -0.180. The summed E-state index contributed by atoms with van der Waals surface area (Å²) in [5.41, 5.74) is 1.84. The maximum Gasteiger partial charge on any atom is 0.152 e. The number of hydrogen-bond donors (Lipinski definition) is 0. The van der Waals surface area contributed by atoms with Gasteiger partial charge in [-0.3, -0.25) is 4.98 Å². The Hall–Kier alpha value is -1.95. The number of aryl methyl sites for hydroxylation is 1. The molecule has 3 heterocycles. The standard InChI is InChI=1S/C12H13ClN6/c1-8(13)12-16-9-5-14-4-3-10(9)19(12)6-11-17-15-7-18(11)2/h3-5,7-8H,6H2,1-2H3. The molecule has 0 bridgehead atoms. The monoisotopic (exact) mass is 276 g/mol. The van der Waals surface area contributed by atoms with Gasteiger partial charge in [0.1, 0.15) is 17.7 Å². The first-order valence-corrected chi connectivity index (χ1v) is 6.37. The first-order chi connectivity index (χ1) is 9.16. The van der Waals surface area contributed by atoms with E-state index in [9.17, 15) is 0 Å². The van der Waals surface area contributed by atoms with Crippen LogP contribution in [0.15, 0.2) is 24.8 Å². The summed E-state index contributed by atoms with van der Waals surface area (Å²) in [6, 6.07) is 1.93. The van der Waals surface area contributed by atoms with Crippen molar-refractivity contribution >= 4 is 22.6 Å². The van der Waals surface area contributed by atoms with Gasteiger partial charge in [0.2, 0.25) is 0 Å². The highest BCUT2D eigenvalue weighted by Gasteiger charge is 2.16. The van der Waals surface area contributed by atoms with Crippen molar-refractivity contribution in [1.82, 2.24) is 29.3 Å². The Bertz CT molecular complexity index is 714. The second-order valence-corrected chi connectivity index (χ2v) is 5.05. The maximum atomic E-state index is 6.21. The van der Waals surface area contributed by atoms with Crippen molar-refractivity contribution in [3.05, 3.63) is 36.4 Å². The number of imidazole rings is 1. The third-order valence-electron chi connectivity index (χ3n) is 3.04. The SMILES string of the molecule is CC(Cl)c1nc2cnccc2n1Cc1nncn1C. The lowest BCUT2D eigenvalue weighted by Crippen LogP contribution is -2.09. The van der Waals surface area contributed by atoms with Gasteiger partial charge in [-0.15, -0.1) is 21.8 Å². The molecule has 0 aliphatic carbocycles. The molecule has 7 heteroatoms. The van der Waals surface area contributed by atoms with Gasteiger partial charge in [0.15, 0.2) is 5.82 Å². The first-order valence-electron chi connectivity index (χ1n) is 5.94. The maximum absolute atomic E-state index is 6.21. The highest BCUT2D eigenvalue weighted by atomic mass is 35.5. The van der Waals surface area contributed by atoms with E-state index in [0.717, 1.165) is 22.7 Å². The molecule has 6 nitrogen and oxygen atoms in total. The van der Waals surface area contributed by atoms with Crippen LogP contribution in [-0.4, -0.2) is 29.3 Å². The van der Waals surface area contributed by atoms with E-state index in [1.807, 2.05) is 24.6 Å². The quantitative estimate of drug-likeness (QED) is 0.686. The van der Waals surface area contributed by atoms with Crippen LogP contribution in [0.5, 0.6) is 0 Å². The molecule has 19 heavy (non-hydrogen) atoms. The highest BCUT2D eigenvalue weighted by molar-refractivity contribution is 6.20. The van der Waals surface area contributed by atoms with Crippen molar-refractivity contribution in [2.45, 2.75) is 18.8 Å². The molecule has 0 amide bonds. The molecule has 0 N–H and O–H groups in total. The van der Waals surface area contributed by atoms with Gasteiger partial charge in [-0.05, 0) is 13.0 Å². The van der Waals surface area contributed by atoms with Crippen LogP contribution in [0.4, 0.5) is 0 Å². The summed E-state index contributed by atoms with van der Waals surface area (Å²) < 4.78 is 3.94. The number of rotatable bonds is 3. The van der Waals surface area contributed by atoms with Crippen LogP contribution < -0.4 is 0 Å². The second kappa shape index (κ2) is 4.62. The molecule has 3 aromatic rings. The summed E-state index contributed by atoms with van der Waals surface area (Å²) in [6.45, 7) is 2.49. The minimum Gasteiger partial charge on any atom is -0.319 e. The smallest absolute Gasteiger partial charge is 0.152 e. The van der Waals surface area contributed by atoms with Crippen molar-refractivity contribution in [3.8, 4) is 0 Å². The Kier molecular flexibility index (Phi) is 2.94. The summed E-state index contributed by atoms with van der Waals surface area (Å²) in [6.07, 6.45) is 5.17. The van der Waals surface area contributed by atoms with E-state index in [-0.39, 0.29) is 5.38 Å². The highest BCUT2D eigenvalue weighted by Crippen LogP contribution is 2.24. The summed E-state index contributed by atoms with van der Waals surface area (Å²) in [5, 5.41) is 7.81. The van der Waals surface area contributed by atoms with Gasteiger partial charge in [0.05, 0.1) is 23.6 Å². The number of nitrogens with zero attached hydrogens (tertiary/aromatic N) is 6. The van der Waals surface area contributed by atoms with Crippen LogP contribution in [0.3, 0.4) is 0 Å². The average molecular weight is 277 g/mol. The van der Waals surface area contributed by atoms with Crippen LogP contribution in [0.2, 0.25) is 0 Å². The van der Waals surface area contributed by atoms with Crippen LogP contribution in [0, 0.1) is 0 Å². The van der Waals surface area contributed by atoms with Gasteiger partial charge in [-0.2, -0.15) is 0 Å². The molecule has 0 fully saturated rings. The zero-order valence-electron chi connectivity index (χ0n) is 10.7. The fraction of sp³-hybridized carbons (Fsp3) is 0.333.